The van der Waals surface area contributed by atoms with Gasteiger partial charge in [0.05, 0.1) is 0 Å². The van der Waals surface area contributed by atoms with Gasteiger partial charge in [0.25, 0.3) is 0 Å². The van der Waals surface area contributed by atoms with Crippen molar-refractivity contribution in [3.8, 4) is 0 Å². The highest BCUT2D eigenvalue weighted by Gasteiger charge is 2.87. The van der Waals surface area contributed by atoms with E-state index in [9.17, 15) is 0 Å². The quantitative estimate of drug-likeness (QED) is 0.533. The first kappa shape index (κ1) is 13.7. The summed E-state index contributed by atoms with van der Waals surface area (Å²) in [4.78, 5) is 0. The molecule has 0 amide bonds. The number of hydrogen-bond donors (Lipinski definition) is 0. The van der Waals surface area contributed by atoms with E-state index in [0.29, 0.717) is 10.8 Å². The molecule has 0 N–H and O–H groups in total. The second-order valence-corrected chi connectivity index (χ2v) is 13.8. The fourth-order valence-electron chi connectivity index (χ4n) is 13.7. The highest BCUT2D eigenvalue weighted by molar-refractivity contribution is 5.74. The molecular weight excluding hydrogens is 324 g/mol. The van der Waals surface area contributed by atoms with Gasteiger partial charge in [0.1, 0.15) is 0 Å². The Labute approximate surface area is 163 Å². The Balaban J connectivity index is 1.31. The Kier molecular flexibility index (Phi) is 1.65. The maximum atomic E-state index is 2.86. The first-order valence-electron chi connectivity index (χ1n) is 12.5. The zero-order valence-electron chi connectivity index (χ0n) is 17.2. The van der Waals surface area contributed by atoms with Gasteiger partial charge in [-0.1, -0.05) is 27.7 Å². The number of hydrogen-bond acceptors (Lipinski definition) is 0. The van der Waals surface area contributed by atoms with Crippen LogP contribution < -0.4 is 0 Å². The van der Waals surface area contributed by atoms with Crippen molar-refractivity contribution in [2.45, 2.75) is 47.0 Å². The Morgan fingerprint density at radius 1 is 0.778 bits per heavy atom. The minimum absolute atomic E-state index is 0.659. The van der Waals surface area contributed by atoms with E-state index < -0.39 is 0 Å². The summed E-state index contributed by atoms with van der Waals surface area (Å²) in [6.45, 7) is 11.0. The SMILES string of the molecule is CC1CC2C3C4C5C6C7C8=C9C%10=C8C(CC12C)C(C%10)C3(C)C(C)C4C5C6C97. The van der Waals surface area contributed by atoms with Crippen molar-refractivity contribution in [2.24, 2.45) is 93.7 Å². The molecule has 10 aliphatic rings. The van der Waals surface area contributed by atoms with Crippen LogP contribution in [0.2, 0.25) is 0 Å². The molecule has 0 heteroatoms. The summed E-state index contributed by atoms with van der Waals surface area (Å²) in [5.41, 5.74) is 9.35. The van der Waals surface area contributed by atoms with E-state index in [-0.39, 0.29) is 0 Å². The molecule has 16 unspecified atom stereocenters. The van der Waals surface area contributed by atoms with Gasteiger partial charge in [0.15, 0.2) is 0 Å². The molecular formula is C27H32. The van der Waals surface area contributed by atoms with Crippen molar-refractivity contribution in [2.75, 3.05) is 0 Å². The van der Waals surface area contributed by atoms with Crippen LogP contribution in [0.5, 0.6) is 0 Å². The van der Waals surface area contributed by atoms with Crippen LogP contribution in [-0.4, -0.2) is 0 Å². The molecule has 0 aliphatic heterocycles. The predicted octanol–water partition coefficient (Wildman–Crippen LogP) is 5.57. The molecule has 27 heavy (non-hydrogen) atoms. The van der Waals surface area contributed by atoms with E-state index in [1.54, 1.807) is 12.8 Å². The standard InChI is InChI=1S/C27H32/c1-8-5-13-25-24-14-9(2)27(25,4)12-6-10-15(11(12)7-26(8,13)3)18-16(10)19-20-17(14)23(24)22(20)21(18)19/h8-9,11-14,17,19-25H,5-7H2,1-4H3. The molecule has 140 valence electrons. The summed E-state index contributed by atoms with van der Waals surface area (Å²) in [5, 5.41) is 0. The molecule has 0 saturated heterocycles. The van der Waals surface area contributed by atoms with E-state index in [1.165, 1.54) is 30.1 Å². The molecule has 10 aliphatic carbocycles. The minimum Gasteiger partial charge on any atom is -0.0620 e. The number of rotatable bonds is 0. The molecule has 16 atom stereocenters. The summed E-state index contributed by atoms with van der Waals surface area (Å²) in [5.74, 6) is 15.3. The Bertz CT molecular complexity index is 980. The predicted molar refractivity (Wildman–Crippen MR) is 104 cm³/mol. The van der Waals surface area contributed by atoms with Crippen molar-refractivity contribution in [3.05, 3.63) is 22.3 Å². The lowest BCUT2D eigenvalue weighted by Gasteiger charge is -2.83. The summed E-state index contributed by atoms with van der Waals surface area (Å²) >= 11 is 0. The molecule has 0 radical (unpaired) electrons. The zero-order valence-corrected chi connectivity index (χ0v) is 17.2. The molecule has 0 aromatic heterocycles. The summed E-state index contributed by atoms with van der Waals surface area (Å²) in [6, 6.07) is 0. The first-order valence-corrected chi connectivity index (χ1v) is 12.5. The molecule has 0 nitrogen and oxygen atoms in total. The van der Waals surface area contributed by atoms with Crippen LogP contribution in [-0.2, 0) is 0 Å². The van der Waals surface area contributed by atoms with Gasteiger partial charge in [-0.15, -0.1) is 0 Å². The van der Waals surface area contributed by atoms with Crippen molar-refractivity contribution >= 4 is 0 Å². The zero-order chi connectivity index (χ0) is 17.5. The topological polar surface area (TPSA) is 0 Å². The summed E-state index contributed by atoms with van der Waals surface area (Å²) in [7, 11) is 0. The van der Waals surface area contributed by atoms with Crippen molar-refractivity contribution in [1.82, 2.24) is 0 Å². The van der Waals surface area contributed by atoms with E-state index in [0.717, 1.165) is 59.2 Å². The third kappa shape index (κ3) is 0.878. The van der Waals surface area contributed by atoms with E-state index in [1.807, 2.05) is 22.3 Å². The van der Waals surface area contributed by atoms with Crippen LogP contribution in [0, 0.1) is 93.7 Å². The molecule has 0 heterocycles. The average molecular weight is 357 g/mol. The highest BCUT2D eigenvalue weighted by atomic mass is 14.9. The lowest BCUT2D eigenvalue weighted by Crippen LogP contribution is -2.79. The normalized spacial score (nSPS) is 78.7. The van der Waals surface area contributed by atoms with Crippen LogP contribution in [0.15, 0.2) is 22.3 Å². The third-order valence-corrected chi connectivity index (χ3v) is 14.7. The number of allylic oxidation sites excluding steroid dienone is 4. The summed E-state index contributed by atoms with van der Waals surface area (Å²) in [6.07, 6.45) is 4.65. The van der Waals surface area contributed by atoms with Crippen LogP contribution in [0.1, 0.15) is 47.0 Å². The molecule has 10 rings (SSSR count). The van der Waals surface area contributed by atoms with Crippen molar-refractivity contribution in [3.63, 3.8) is 0 Å². The maximum Gasteiger partial charge on any atom is -0.00500 e. The van der Waals surface area contributed by atoms with Crippen molar-refractivity contribution in [1.29, 1.82) is 0 Å². The van der Waals surface area contributed by atoms with Gasteiger partial charge in [-0.05, 0) is 135 Å². The fourth-order valence-corrected chi connectivity index (χ4v) is 13.7. The first-order chi connectivity index (χ1) is 13.0. The largest absolute Gasteiger partial charge is 0.0620 e. The minimum atomic E-state index is 0.659. The summed E-state index contributed by atoms with van der Waals surface area (Å²) < 4.78 is 0. The lowest BCUT2D eigenvalue weighted by molar-refractivity contribution is -0.313. The van der Waals surface area contributed by atoms with Gasteiger partial charge < -0.3 is 0 Å². The smallest absolute Gasteiger partial charge is 0.00500 e. The van der Waals surface area contributed by atoms with Gasteiger partial charge in [-0.3, -0.25) is 0 Å². The Morgan fingerprint density at radius 2 is 1.52 bits per heavy atom. The molecule has 7 saturated carbocycles. The second-order valence-electron chi connectivity index (χ2n) is 13.8. The van der Waals surface area contributed by atoms with Gasteiger partial charge in [0.2, 0.25) is 0 Å². The van der Waals surface area contributed by atoms with E-state index in [4.69, 9.17) is 0 Å². The van der Waals surface area contributed by atoms with Gasteiger partial charge >= 0.3 is 0 Å². The third-order valence-electron chi connectivity index (χ3n) is 14.7. The molecule has 0 aromatic carbocycles. The van der Waals surface area contributed by atoms with Crippen LogP contribution in [0.4, 0.5) is 0 Å². The molecule has 6 bridgehead atoms. The maximum absolute atomic E-state index is 2.86. The molecule has 0 aromatic rings. The highest BCUT2D eigenvalue weighted by Crippen LogP contribution is 2.93. The van der Waals surface area contributed by atoms with Crippen LogP contribution in [0.25, 0.3) is 0 Å². The van der Waals surface area contributed by atoms with Gasteiger partial charge in [-0.2, -0.15) is 0 Å². The monoisotopic (exact) mass is 356 g/mol. The molecule has 0 spiro atoms. The Hall–Kier alpha value is -0.520. The molecule has 7 fully saturated rings. The van der Waals surface area contributed by atoms with Crippen LogP contribution >= 0.6 is 0 Å². The van der Waals surface area contributed by atoms with E-state index in [2.05, 4.69) is 27.7 Å². The lowest BCUT2D eigenvalue weighted by atomic mass is 9.21. The van der Waals surface area contributed by atoms with Gasteiger partial charge in [0, 0.05) is 0 Å². The van der Waals surface area contributed by atoms with Crippen LogP contribution in [0.3, 0.4) is 0 Å². The fraction of sp³-hybridized carbons (Fsp3) is 0.852. The van der Waals surface area contributed by atoms with Gasteiger partial charge in [-0.25, -0.2) is 0 Å². The Morgan fingerprint density at radius 3 is 2.30 bits per heavy atom. The number of fused-ring (bicyclic) bond motifs is 6. The average Bonchev–Trinajstić information content (AvgIpc) is 2.97. The van der Waals surface area contributed by atoms with E-state index >= 15 is 0 Å². The van der Waals surface area contributed by atoms with Crippen molar-refractivity contribution < 1.29 is 0 Å². The second kappa shape index (κ2) is 3.26.